The van der Waals surface area contributed by atoms with Crippen molar-refractivity contribution in [2.75, 3.05) is 20.3 Å². The number of benzene rings is 1. The summed E-state index contributed by atoms with van der Waals surface area (Å²) in [6.07, 6.45) is 1.42. The van der Waals surface area contributed by atoms with Gasteiger partial charge in [0.2, 0.25) is 20.0 Å². The smallest absolute Gasteiger partial charge is 0.240 e. The molecule has 1 aliphatic carbocycles. The molecule has 0 atom stereocenters. The van der Waals surface area contributed by atoms with Crippen LogP contribution in [0.1, 0.15) is 18.4 Å². The van der Waals surface area contributed by atoms with Gasteiger partial charge in [-0.15, -0.1) is 0 Å². The van der Waals surface area contributed by atoms with Crippen LogP contribution in [0.2, 0.25) is 0 Å². The Balaban J connectivity index is 1.95. The molecule has 0 aliphatic heterocycles. The molecule has 1 aromatic rings. The highest BCUT2D eigenvalue weighted by Gasteiger charge is 2.35. The normalized spacial score (nSPS) is 15.9. The lowest BCUT2D eigenvalue weighted by molar-refractivity contribution is 0.204. The Morgan fingerprint density at radius 1 is 1.09 bits per heavy atom. The lowest BCUT2D eigenvalue weighted by Gasteiger charge is -2.08. The number of ether oxygens (including phenoxy) is 1. The minimum absolute atomic E-state index is 0.136. The molecule has 1 aliphatic rings. The second-order valence-corrected chi connectivity index (χ2v) is 8.91. The van der Waals surface area contributed by atoms with Crippen LogP contribution in [0.4, 0.5) is 0 Å². The molecular weight excluding hydrogens is 328 g/mol. The minimum Gasteiger partial charge on any atom is -0.383 e. The number of sulfonamides is 2. The van der Waals surface area contributed by atoms with Crippen molar-refractivity contribution in [3.05, 3.63) is 29.8 Å². The van der Waals surface area contributed by atoms with Crippen LogP contribution in [-0.4, -0.2) is 42.3 Å². The van der Waals surface area contributed by atoms with Gasteiger partial charge >= 0.3 is 0 Å². The zero-order valence-electron chi connectivity index (χ0n) is 12.3. The fourth-order valence-corrected chi connectivity index (χ4v) is 4.20. The number of hydrogen-bond acceptors (Lipinski definition) is 5. The van der Waals surface area contributed by atoms with E-state index in [1.165, 1.54) is 19.2 Å². The average molecular weight is 348 g/mol. The summed E-state index contributed by atoms with van der Waals surface area (Å²) in [6.45, 7) is 0.651. The number of rotatable bonds is 9. The molecule has 1 fully saturated rings. The fourth-order valence-electron chi connectivity index (χ4n) is 1.83. The van der Waals surface area contributed by atoms with Gasteiger partial charge in [0.05, 0.1) is 16.8 Å². The summed E-state index contributed by atoms with van der Waals surface area (Å²) in [5.41, 5.74) is 0.708. The van der Waals surface area contributed by atoms with Crippen LogP contribution in [0, 0.1) is 0 Å². The van der Waals surface area contributed by atoms with Crippen LogP contribution in [0.5, 0.6) is 0 Å². The first kappa shape index (κ1) is 17.4. The molecule has 9 heteroatoms. The predicted molar refractivity (Wildman–Crippen MR) is 82.3 cm³/mol. The zero-order chi connectivity index (χ0) is 16.2. The van der Waals surface area contributed by atoms with Crippen LogP contribution in [0.25, 0.3) is 0 Å². The standard InChI is InChI=1S/C13H20N2O5S2/c1-20-9-8-14-21(16,17)12-4-2-11(3-5-12)10-15-22(18,19)13-6-7-13/h2-5,13-15H,6-10H2,1H3. The Labute approximate surface area is 131 Å². The van der Waals surface area contributed by atoms with E-state index >= 15 is 0 Å². The zero-order valence-corrected chi connectivity index (χ0v) is 13.9. The Kier molecular flexibility index (Phi) is 5.56. The Morgan fingerprint density at radius 2 is 1.73 bits per heavy atom. The number of methoxy groups -OCH3 is 1. The van der Waals surface area contributed by atoms with Gasteiger partial charge in [0, 0.05) is 20.2 Å². The van der Waals surface area contributed by atoms with Crippen LogP contribution in [0.3, 0.4) is 0 Å². The van der Waals surface area contributed by atoms with Crippen molar-refractivity contribution in [3.8, 4) is 0 Å². The van der Waals surface area contributed by atoms with Crippen molar-refractivity contribution < 1.29 is 21.6 Å². The molecule has 22 heavy (non-hydrogen) atoms. The molecule has 2 N–H and O–H groups in total. The van der Waals surface area contributed by atoms with Crippen molar-refractivity contribution in [1.82, 2.24) is 9.44 Å². The third-order valence-corrected chi connectivity index (χ3v) is 6.65. The molecule has 0 radical (unpaired) electrons. The van der Waals surface area contributed by atoms with E-state index in [1.54, 1.807) is 12.1 Å². The van der Waals surface area contributed by atoms with Crippen LogP contribution in [0.15, 0.2) is 29.2 Å². The van der Waals surface area contributed by atoms with Crippen molar-refractivity contribution >= 4 is 20.0 Å². The highest BCUT2D eigenvalue weighted by atomic mass is 32.2. The molecule has 1 saturated carbocycles. The van der Waals surface area contributed by atoms with Crippen molar-refractivity contribution in [2.45, 2.75) is 29.5 Å². The Morgan fingerprint density at radius 3 is 2.27 bits per heavy atom. The molecular formula is C13H20N2O5S2. The Bertz CT molecular complexity index is 694. The van der Waals surface area contributed by atoms with E-state index in [1.807, 2.05) is 0 Å². The van der Waals surface area contributed by atoms with Gasteiger partial charge in [-0.1, -0.05) is 12.1 Å². The second kappa shape index (κ2) is 7.05. The lowest BCUT2D eigenvalue weighted by atomic mass is 10.2. The van der Waals surface area contributed by atoms with Crippen LogP contribution in [-0.2, 0) is 31.3 Å². The molecule has 124 valence electrons. The van der Waals surface area contributed by atoms with Gasteiger partial charge in [0.1, 0.15) is 0 Å². The van der Waals surface area contributed by atoms with Gasteiger partial charge in [0.25, 0.3) is 0 Å². The summed E-state index contributed by atoms with van der Waals surface area (Å²) >= 11 is 0. The van der Waals surface area contributed by atoms with Crippen molar-refractivity contribution in [2.24, 2.45) is 0 Å². The van der Waals surface area contributed by atoms with Gasteiger partial charge in [-0.3, -0.25) is 0 Å². The van der Waals surface area contributed by atoms with Gasteiger partial charge in [-0.05, 0) is 30.5 Å². The summed E-state index contributed by atoms with van der Waals surface area (Å²) in [7, 11) is -5.31. The molecule has 0 aromatic heterocycles. The molecule has 0 bridgehead atoms. The third kappa shape index (κ3) is 4.75. The van der Waals surface area contributed by atoms with E-state index in [9.17, 15) is 16.8 Å². The van der Waals surface area contributed by atoms with Gasteiger partial charge in [0.15, 0.2) is 0 Å². The van der Waals surface area contributed by atoms with E-state index < -0.39 is 20.0 Å². The molecule has 2 rings (SSSR count). The van der Waals surface area contributed by atoms with E-state index in [0.29, 0.717) is 25.0 Å². The maximum Gasteiger partial charge on any atom is 0.240 e. The molecule has 1 aromatic carbocycles. The highest BCUT2D eigenvalue weighted by molar-refractivity contribution is 7.90. The first-order valence-corrected chi connectivity index (χ1v) is 9.94. The topological polar surface area (TPSA) is 102 Å². The highest BCUT2D eigenvalue weighted by Crippen LogP contribution is 2.27. The Hall–Kier alpha value is -1.00. The number of hydrogen-bond donors (Lipinski definition) is 2. The molecule has 0 amide bonds. The van der Waals surface area contributed by atoms with Crippen molar-refractivity contribution in [1.29, 1.82) is 0 Å². The summed E-state index contributed by atoms with van der Waals surface area (Å²) in [5, 5.41) is -0.267. The maximum absolute atomic E-state index is 12.0. The monoisotopic (exact) mass is 348 g/mol. The summed E-state index contributed by atoms with van der Waals surface area (Å²) in [4.78, 5) is 0.136. The minimum atomic E-state index is -3.56. The van der Waals surface area contributed by atoms with E-state index in [2.05, 4.69) is 9.44 Å². The SMILES string of the molecule is COCCNS(=O)(=O)c1ccc(CNS(=O)(=O)C2CC2)cc1. The summed E-state index contributed by atoms with van der Waals surface area (Å²) in [5.74, 6) is 0. The largest absolute Gasteiger partial charge is 0.383 e. The van der Waals surface area contributed by atoms with E-state index in [-0.39, 0.29) is 23.2 Å². The molecule has 0 spiro atoms. The first-order valence-electron chi connectivity index (χ1n) is 6.91. The second-order valence-electron chi connectivity index (χ2n) is 5.10. The lowest BCUT2D eigenvalue weighted by Crippen LogP contribution is -2.27. The fraction of sp³-hybridized carbons (Fsp3) is 0.538. The van der Waals surface area contributed by atoms with Crippen LogP contribution >= 0.6 is 0 Å². The molecule has 7 nitrogen and oxygen atoms in total. The summed E-state index contributed by atoms with van der Waals surface area (Å²) in [6, 6.07) is 6.10. The molecule has 0 saturated heterocycles. The summed E-state index contributed by atoms with van der Waals surface area (Å²) < 4.78 is 57.1. The van der Waals surface area contributed by atoms with E-state index in [4.69, 9.17) is 4.74 Å². The molecule has 0 heterocycles. The van der Waals surface area contributed by atoms with Gasteiger partial charge in [-0.25, -0.2) is 26.3 Å². The maximum atomic E-state index is 12.0. The van der Waals surface area contributed by atoms with Gasteiger partial charge < -0.3 is 4.74 Å². The van der Waals surface area contributed by atoms with Crippen LogP contribution < -0.4 is 9.44 Å². The quantitative estimate of drug-likeness (QED) is 0.621. The average Bonchev–Trinajstić information content (AvgIpc) is 3.31. The number of nitrogens with one attached hydrogen (secondary N) is 2. The molecule has 0 unspecified atom stereocenters. The van der Waals surface area contributed by atoms with Crippen molar-refractivity contribution in [3.63, 3.8) is 0 Å². The third-order valence-electron chi connectivity index (χ3n) is 3.27. The van der Waals surface area contributed by atoms with Gasteiger partial charge in [-0.2, -0.15) is 0 Å². The van der Waals surface area contributed by atoms with E-state index in [0.717, 1.165) is 0 Å². The predicted octanol–water partition coefficient (Wildman–Crippen LogP) is 0.193. The first-order chi connectivity index (χ1) is 10.3.